The van der Waals surface area contributed by atoms with Gasteiger partial charge in [0.15, 0.2) is 5.82 Å². The Kier molecular flexibility index (Phi) is 3.83. The monoisotopic (exact) mass is 276 g/mol. The van der Waals surface area contributed by atoms with Crippen LogP contribution in [-0.4, -0.2) is 36.9 Å². The van der Waals surface area contributed by atoms with E-state index in [0.29, 0.717) is 11.6 Å². The first kappa shape index (κ1) is 13.8. The van der Waals surface area contributed by atoms with Crippen LogP contribution in [0.4, 0.5) is 11.8 Å². The van der Waals surface area contributed by atoms with Crippen LogP contribution in [-0.2, 0) is 4.79 Å². The summed E-state index contributed by atoms with van der Waals surface area (Å²) in [5, 5.41) is 16.1. The SMILES string of the molecule is CC(C)[C@@H](Nc1cc(-n2cccn2)nc(N)n1)C(=O)O. The lowest BCUT2D eigenvalue weighted by atomic mass is 10.1. The van der Waals surface area contributed by atoms with Crippen molar-refractivity contribution in [3.8, 4) is 5.82 Å². The summed E-state index contributed by atoms with van der Waals surface area (Å²) >= 11 is 0. The van der Waals surface area contributed by atoms with Crippen LogP contribution in [0, 0.1) is 5.92 Å². The van der Waals surface area contributed by atoms with Gasteiger partial charge in [0.25, 0.3) is 0 Å². The van der Waals surface area contributed by atoms with Crippen molar-refractivity contribution in [3.05, 3.63) is 24.5 Å². The molecule has 2 rings (SSSR count). The third-order valence-corrected chi connectivity index (χ3v) is 2.71. The quantitative estimate of drug-likeness (QED) is 0.737. The van der Waals surface area contributed by atoms with Crippen molar-refractivity contribution in [1.82, 2.24) is 19.7 Å². The molecule has 0 saturated heterocycles. The molecule has 106 valence electrons. The lowest BCUT2D eigenvalue weighted by molar-refractivity contribution is -0.138. The molecule has 0 radical (unpaired) electrons. The number of carboxylic acid groups (broad SMARTS) is 1. The highest BCUT2D eigenvalue weighted by molar-refractivity contribution is 5.77. The van der Waals surface area contributed by atoms with Gasteiger partial charge in [-0.05, 0) is 12.0 Å². The molecule has 0 aliphatic carbocycles. The molecule has 20 heavy (non-hydrogen) atoms. The first-order chi connectivity index (χ1) is 9.47. The average Bonchev–Trinajstić information content (AvgIpc) is 2.88. The molecule has 2 aromatic rings. The van der Waals surface area contributed by atoms with Gasteiger partial charge in [-0.1, -0.05) is 13.8 Å². The Balaban J connectivity index is 2.31. The predicted octanol–water partition coefficient (Wildman–Crippen LogP) is 0.766. The lowest BCUT2D eigenvalue weighted by Crippen LogP contribution is -2.34. The van der Waals surface area contributed by atoms with E-state index in [9.17, 15) is 9.90 Å². The zero-order valence-corrected chi connectivity index (χ0v) is 11.2. The summed E-state index contributed by atoms with van der Waals surface area (Å²) in [5.41, 5.74) is 5.64. The Bertz CT molecular complexity index is 596. The number of hydrogen-bond donors (Lipinski definition) is 3. The van der Waals surface area contributed by atoms with Crippen LogP contribution in [0.15, 0.2) is 24.5 Å². The Morgan fingerprint density at radius 3 is 2.75 bits per heavy atom. The van der Waals surface area contributed by atoms with Gasteiger partial charge in [-0.15, -0.1) is 0 Å². The van der Waals surface area contributed by atoms with Crippen molar-refractivity contribution in [2.75, 3.05) is 11.1 Å². The number of anilines is 2. The molecule has 4 N–H and O–H groups in total. The van der Waals surface area contributed by atoms with Gasteiger partial charge >= 0.3 is 5.97 Å². The first-order valence-corrected chi connectivity index (χ1v) is 6.11. The minimum Gasteiger partial charge on any atom is -0.480 e. The molecular formula is C12H16N6O2. The maximum atomic E-state index is 11.2. The normalized spacial score (nSPS) is 12.3. The second kappa shape index (κ2) is 5.55. The standard InChI is InChI=1S/C12H16N6O2/c1-7(2)10(11(19)20)15-8-6-9(17-12(13)16-8)18-5-3-4-14-18/h3-7,10H,1-2H3,(H,19,20)(H3,13,15,16,17)/t10-/m1/s1. The molecule has 0 saturated carbocycles. The highest BCUT2D eigenvalue weighted by Gasteiger charge is 2.22. The zero-order valence-electron chi connectivity index (χ0n) is 11.2. The second-order valence-corrected chi connectivity index (χ2v) is 4.62. The smallest absolute Gasteiger partial charge is 0.326 e. The van der Waals surface area contributed by atoms with Crippen molar-refractivity contribution in [2.24, 2.45) is 5.92 Å². The van der Waals surface area contributed by atoms with Gasteiger partial charge in [-0.25, -0.2) is 9.48 Å². The number of nitrogen functional groups attached to an aromatic ring is 1. The van der Waals surface area contributed by atoms with E-state index in [1.165, 1.54) is 4.68 Å². The van der Waals surface area contributed by atoms with Crippen LogP contribution in [0.3, 0.4) is 0 Å². The molecule has 0 amide bonds. The highest BCUT2D eigenvalue weighted by atomic mass is 16.4. The molecule has 8 heteroatoms. The van der Waals surface area contributed by atoms with Crippen LogP contribution in [0.25, 0.3) is 5.82 Å². The molecule has 1 atom stereocenters. The molecule has 0 aliphatic heterocycles. The van der Waals surface area contributed by atoms with E-state index in [4.69, 9.17) is 5.73 Å². The minimum absolute atomic E-state index is 0.0494. The molecule has 0 aromatic carbocycles. The number of carbonyl (C=O) groups is 1. The van der Waals surface area contributed by atoms with E-state index in [1.807, 2.05) is 13.8 Å². The molecule has 2 heterocycles. The largest absolute Gasteiger partial charge is 0.480 e. The topological polar surface area (TPSA) is 119 Å². The Hall–Kier alpha value is -2.64. The number of nitrogens with two attached hydrogens (primary N) is 1. The van der Waals surface area contributed by atoms with E-state index in [-0.39, 0.29) is 11.9 Å². The third-order valence-electron chi connectivity index (χ3n) is 2.71. The average molecular weight is 276 g/mol. The summed E-state index contributed by atoms with van der Waals surface area (Å²) in [5.74, 6) is -0.176. The Labute approximate surface area is 115 Å². The lowest BCUT2D eigenvalue weighted by Gasteiger charge is -2.18. The van der Waals surface area contributed by atoms with Gasteiger partial charge in [-0.2, -0.15) is 15.1 Å². The van der Waals surface area contributed by atoms with Crippen molar-refractivity contribution in [2.45, 2.75) is 19.9 Å². The van der Waals surface area contributed by atoms with Crippen molar-refractivity contribution in [3.63, 3.8) is 0 Å². The summed E-state index contributed by atoms with van der Waals surface area (Å²) in [6.45, 7) is 3.62. The van der Waals surface area contributed by atoms with E-state index < -0.39 is 12.0 Å². The Morgan fingerprint density at radius 1 is 1.45 bits per heavy atom. The van der Waals surface area contributed by atoms with Gasteiger partial charge in [-0.3, -0.25) is 0 Å². The van der Waals surface area contributed by atoms with Gasteiger partial charge in [0.2, 0.25) is 5.95 Å². The highest BCUT2D eigenvalue weighted by Crippen LogP contribution is 2.15. The molecule has 8 nitrogen and oxygen atoms in total. The van der Waals surface area contributed by atoms with Gasteiger partial charge < -0.3 is 16.2 Å². The molecule has 0 spiro atoms. The number of nitrogens with zero attached hydrogens (tertiary/aromatic N) is 4. The number of carboxylic acids is 1. The first-order valence-electron chi connectivity index (χ1n) is 6.11. The van der Waals surface area contributed by atoms with Crippen LogP contribution in [0.5, 0.6) is 0 Å². The summed E-state index contributed by atoms with van der Waals surface area (Å²) in [6.07, 6.45) is 3.32. The fourth-order valence-corrected chi connectivity index (χ4v) is 1.72. The maximum Gasteiger partial charge on any atom is 0.326 e. The summed E-state index contributed by atoms with van der Waals surface area (Å²) in [4.78, 5) is 19.2. The van der Waals surface area contributed by atoms with E-state index >= 15 is 0 Å². The Morgan fingerprint density at radius 2 is 2.20 bits per heavy atom. The van der Waals surface area contributed by atoms with Crippen LogP contribution in [0.2, 0.25) is 0 Å². The van der Waals surface area contributed by atoms with Crippen LogP contribution in [0.1, 0.15) is 13.8 Å². The predicted molar refractivity (Wildman–Crippen MR) is 73.5 cm³/mol. The van der Waals surface area contributed by atoms with E-state index in [1.54, 1.807) is 24.5 Å². The molecule has 0 bridgehead atoms. The van der Waals surface area contributed by atoms with Crippen molar-refractivity contribution >= 4 is 17.7 Å². The van der Waals surface area contributed by atoms with E-state index in [2.05, 4.69) is 20.4 Å². The third kappa shape index (κ3) is 3.02. The van der Waals surface area contributed by atoms with Gasteiger partial charge in [0.05, 0.1) is 0 Å². The van der Waals surface area contributed by atoms with Gasteiger partial charge in [0, 0.05) is 18.5 Å². The molecule has 0 fully saturated rings. The molecule has 0 aliphatic rings. The maximum absolute atomic E-state index is 11.2. The van der Waals surface area contributed by atoms with Crippen LogP contribution < -0.4 is 11.1 Å². The van der Waals surface area contributed by atoms with Crippen molar-refractivity contribution in [1.29, 1.82) is 0 Å². The van der Waals surface area contributed by atoms with Gasteiger partial charge in [0.1, 0.15) is 11.9 Å². The van der Waals surface area contributed by atoms with E-state index in [0.717, 1.165) is 0 Å². The summed E-state index contributed by atoms with van der Waals surface area (Å²) in [6, 6.07) is 2.59. The van der Waals surface area contributed by atoms with Crippen LogP contribution >= 0.6 is 0 Å². The summed E-state index contributed by atoms with van der Waals surface area (Å²) in [7, 11) is 0. The second-order valence-electron chi connectivity index (χ2n) is 4.62. The minimum atomic E-state index is -0.946. The number of aromatic nitrogens is 4. The number of nitrogens with one attached hydrogen (secondary N) is 1. The molecule has 0 unspecified atom stereocenters. The summed E-state index contributed by atoms with van der Waals surface area (Å²) < 4.78 is 1.52. The zero-order chi connectivity index (χ0) is 14.7. The molecular weight excluding hydrogens is 260 g/mol. The van der Waals surface area contributed by atoms with Crippen molar-refractivity contribution < 1.29 is 9.90 Å². The number of aliphatic carboxylic acids is 1. The fraction of sp³-hybridized carbons (Fsp3) is 0.333. The number of hydrogen-bond acceptors (Lipinski definition) is 6. The molecule has 2 aromatic heterocycles. The fourth-order valence-electron chi connectivity index (χ4n) is 1.72. The number of rotatable bonds is 5.